The Balaban J connectivity index is 0.000000189. The normalized spacial score (nSPS) is 15.8. The van der Waals surface area contributed by atoms with Gasteiger partial charge in [0.15, 0.2) is 0 Å². The van der Waals surface area contributed by atoms with Crippen LogP contribution in [-0.4, -0.2) is 80.0 Å². The lowest BCUT2D eigenvalue weighted by molar-refractivity contribution is 0.00578. The average molecular weight is 1280 g/mol. The molecule has 4 aliphatic heterocycles. The molecule has 0 aliphatic carbocycles. The Labute approximate surface area is 541 Å². The van der Waals surface area contributed by atoms with Gasteiger partial charge in [0.05, 0.1) is 22.4 Å². The highest BCUT2D eigenvalue weighted by Gasteiger charge is 2.53. The van der Waals surface area contributed by atoms with E-state index in [1.165, 1.54) is 9.79 Å². The van der Waals surface area contributed by atoms with Gasteiger partial charge < -0.3 is 52.3 Å². The summed E-state index contributed by atoms with van der Waals surface area (Å²) in [7, 11) is 7.26. The lowest BCUT2D eigenvalue weighted by Gasteiger charge is -2.32. The van der Waals surface area contributed by atoms with Crippen LogP contribution >= 0.6 is 64.8 Å². The molecular formula is C64H74B6O11S6. The lowest BCUT2D eigenvalue weighted by atomic mass is 9.64. The first-order chi connectivity index (χ1) is 40.2. The minimum Gasteiger partial charge on any atom is -0.519 e. The monoisotopic (exact) mass is 1280 g/mol. The second kappa shape index (κ2) is 30.3. The molecule has 0 unspecified atom stereocenters. The van der Waals surface area contributed by atoms with E-state index in [4.69, 9.17) is 47.3 Å². The maximum absolute atomic E-state index is 9.44. The van der Waals surface area contributed by atoms with Crippen LogP contribution in [0.25, 0.3) is 0 Å². The highest BCUT2D eigenvalue weighted by molar-refractivity contribution is 8.77. The Bertz CT molecular complexity index is 3150. The molecule has 8 aromatic rings. The summed E-state index contributed by atoms with van der Waals surface area (Å²) in [6.07, 6.45) is 0. The summed E-state index contributed by atoms with van der Waals surface area (Å²) in [6, 6.07) is 63.8. The van der Waals surface area contributed by atoms with Gasteiger partial charge in [-0.05, 0) is 174 Å². The zero-order valence-corrected chi connectivity index (χ0v) is 52.9. The van der Waals surface area contributed by atoms with E-state index < -0.39 is 28.3 Å². The van der Waals surface area contributed by atoms with E-state index in [0.29, 0.717) is 5.46 Å². The molecule has 0 aromatic heterocycles. The predicted molar refractivity (Wildman–Crippen MR) is 375 cm³/mol. The maximum Gasteiger partial charge on any atom is 0.632 e. The minimum atomic E-state index is -1.42. The van der Waals surface area contributed by atoms with Gasteiger partial charge in [-0.1, -0.05) is 191 Å². The molecule has 23 heteroatoms. The van der Waals surface area contributed by atoms with Crippen molar-refractivity contribution in [1.82, 2.24) is 0 Å². The lowest BCUT2D eigenvalue weighted by Crippen LogP contribution is -2.41. The molecule has 0 amide bonds. The van der Waals surface area contributed by atoms with Crippen LogP contribution in [0.4, 0.5) is 0 Å². The fourth-order valence-corrected chi connectivity index (χ4v) is 14.3. The molecule has 12 rings (SSSR count). The summed E-state index contributed by atoms with van der Waals surface area (Å²) >= 11 is 0. The van der Waals surface area contributed by atoms with E-state index in [1.807, 2.05) is 84.9 Å². The topological polar surface area (TPSA) is 135 Å². The van der Waals surface area contributed by atoms with Gasteiger partial charge in [0.25, 0.3) is 0 Å². The minimum absolute atomic E-state index is 0. The number of para-hydroxylation sites is 4. The van der Waals surface area contributed by atoms with E-state index in [1.54, 1.807) is 83.7 Å². The molecule has 0 spiro atoms. The smallest absolute Gasteiger partial charge is 0.519 e. The summed E-state index contributed by atoms with van der Waals surface area (Å²) in [4.78, 5) is 6.84. The molecule has 4 heterocycles. The van der Waals surface area contributed by atoms with Gasteiger partial charge in [0, 0.05) is 40.3 Å². The zero-order chi connectivity index (χ0) is 59.2. The van der Waals surface area contributed by atoms with Crippen LogP contribution in [0.15, 0.2) is 223 Å². The first kappa shape index (κ1) is 69.6. The van der Waals surface area contributed by atoms with Crippen molar-refractivity contribution in [2.75, 3.05) is 0 Å². The molecule has 0 atom stereocenters. The van der Waals surface area contributed by atoms with Gasteiger partial charge in [-0.2, -0.15) is 0 Å². The molecule has 3 N–H and O–H groups in total. The summed E-state index contributed by atoms with van der Waals surface area (Å²) in [5, 5.41) is 27.5. The van der Waals surface area contributed by atoms with Gasteiger partial charge in [-0.15, -0.1) is 0 Å². The Morgan fingerprint density at radius 2 is 0.506 bits per heavy atom. The molecule has 4 aliphatic rings. The maximum atomic E-state index is 9.44. The Hall–Kier alpha value is -4.83. The van der Waals surface area contributed by atoms with Crippen LogP contribution in [0, 0.1) is 0 Å². The first-order valence-electron chi connectivity index (χ1n) is 27.4. The first-order valence-corrected chi connectivity index (χ1v) is 33.9. The van der Waals surface area contributed by atoms with E-state index in [9.17, 15) is 5.02 Å². The van der Waals surface area contributed by atoms with Gasteiger partial charge in [0.1, 0.15) is 23.0 Å². The standard InChI is InChI=1S/C24H16B2O4S2.C24H32B2O4S2.C13H14B2O3S2.3CH4/c1-2-6-22-21(5-1)27-25(28-22)17-9-13-19(14-10-17)31-32-20-15-11-18(12-16-20)26-29-23-7-3-4-8-24(23)30-26;1-21(2)22(3,4)28-25(27-21)17-9-13-19(14-10-17)31-32-20-15-11-18(12-16-20)26-29-23(5,6)24(7,8)30-26;1-14(16)10-2-6-12(7-3-10)19-20-13-8-4-11(5-9-13)15(17)18;;;/h1-16H;9-16H,1-8H3;2-9,16-18H,1H3;3*1H4. The van der Waals surface area contributed by atoms with Crippen molar-refractivity contribution >= 4 is 140 Å². The molecular weight excluding hydrogens is 1200 g/mol. The van der Waals surface area contributed by atoms with Crippen molar-refractivity contribution in [3.05, 3.63) is 194 Å². The third-order valence-electron chi connectivity index (χ3n) is 15.0. The van der Waals surface area contributed by atoms with Gasteiger partial charge >= 0.3 is 42.5 Å². The zero-order valence-electron chi connectivity index (χ0n) is 48.0. The quantitative estimate of drug-likeness (QED) is 0.0663. The molecule has 0 radical (unpaired) electrons. The Morgan fingerprint density at radius 1 is 0.299 bits per heavy atom. The Kier molecular flexibility index (Phi) is 24.3. The van der Waals surface area contributed by atoms with Crippen LogP contribution < -0.4 is 51.4 Å². The van der Waals surface area contributed by atoms with Gasteiger partial charge in [0.2, 0.25) is 0 Å². The van der Waals surface area contributed by atoms with E-state index in [2.05, 4.69) is 152 Å². The third-order valence-corrected chi connectivity index (χ3v) is 22.2. The van der Waals surface area contributed by atoms with Crippen LogP contribution in [0.3, 0.4) is 0 Å². The second-order valence-corrected chi connectivity index (χ2v) is 29.0. The number of rotatable bonds is 15. The second-order valence-electron chi connectivity index (χ2n) is 22.2. The van der Waals surface area contributed by atoms with E-state index in [0.717, 1.165) is 69.9 Å². The fourth-order valence-electron chi connectivity index (χ4n) is 8.54. The number of benzene rings is 8. The summed E-state index contributed by atoms with van der Waals surface area (Å²) < 4.78 is 48.1. The SMILES string of the molecule is C.C.C.CB(O)c1ccc(SSc2ccc(B(O)O)cc2)cc1.CC1(C)OB(c2ccc(SSc3ccc(B4OC(C)(C)C(C)(C)O4)cc3)cc2)OC1(C)C.c1ccc2c(c1)OB(c1ccc(SSc3ccc(B4Oc5ccccc5O4)cc3)cc1)O2. The molecule has 0 bridgehead atoms. The van der Waals surface area contributed by atoms with Crippen molar-refractivity contribution in [3.63, 3.8) is 0 Å². The molecule has 2 fully saturated rings. The highest BCUT2D eigenvalue weighted by atomic mass is 33.1. The van der Waals surface area contributed by atoms with Gasteiger partial charge in [-0.3, -0.25) is 0 Å². The van der Waals surface area contributed by atoms with Crippen molar-refractivity contribution in [1.29, 1.82) is 0 Å². The van der Waals surface area contributed by atoms with Crippen molar-refractivity contribution in [2.45, 2.75) is 136 Å². The summed E-state index contributed by atoms with van der Waals surface area (Å²) in [5.41, 5.74) is 4.17. The van der Waals surface area contributed by atoms with Crippen LogP contribution in [0.1, 0.15) is 77.7 Å². The van der Waals surface area contributed by atoms with Crippen molar-refractivity contribution < 1.29 is 52.3 Å². The van der Waals surface area contributed by atoms with Crippen molar-refractivity contribution in [3.8, 4) is 23.0 Å². The highest BCUT2D eigenvalue weighted by Crippen LogP contribution is 2.42. The number of hydrogen-bond acceptors (Lipinski definition) is 17. The molecule has 87 heavy (non-hydrogen) atoms. The number of fused-ring (bicyclic) bond motifs is 2. The summed E-state index contributed by atoms with van der Waals surface area (Å²) in [6.45, 7) is 17.9. The molecule has 2 saturated heterocycles. The van der Waals surface area contributed by atoms with Gasteiger partial charge in [-0.25, -0.2) is 0 Å². The summed E-state index contributed by atoms with van der Waals surface area (Å²) in [5.74, 6) is 3.14. The van der Waals surface area contributed by atoms with Crippen LogP contribution in [-0.2, 0) is 18.6 Å². The molecule has 8 aromatic carbocycles. The molecule has 0 saturated carbocycles. The fraction of sp³-hybridized carbons (Fsp3) is 0.250. The third kappa shape index (κ3) is 17.6. The van der Waals surface area contributed by atoms with E-state index in [-0.39, 0.29) is 58.9 Å². The Morgan fingerprint density at radius 3 is 0.724 bits per heavy atom. The van der Waals surface area contributed by atoms with Crippen LogP contribution in [0.5, 0.6) is 23.0 Å². The number of hydrogen-bond donors (Lipinski definition) is 3. The van der Waals surface area contributed by atoms with E-state index >= 15 is 0 Å². The molecule has 11 nitrogen and oxygen atoms in total. The largest absolute Gasteiger partial charge is 0.632 e. The average Bonchev–Trinajstić information content (AvgIpc) is 1.79. The van der Waals surface area contributed by atoms with Crippen molar-refractivity contribution in [2.24, 2.45) is 0 Å². The predicted octanol–water partition coefficient (Wildman–Crippen LogP) is 12.8. The molecule has 450 valence electrons. The van der Waals surface area contributed by atoms with Crippen LogP contribution in [0.2, 0.25) is 6.82 Å².